The van der Waals surface area contributed by atoms with Gasteiger partial charge in [0.1, 0.15) is 0 Å². The van der Waals surface area contributed by atoms with Gasteiger partial charge in [0.25, 0.3) is 0 Å². The molecule has 1 rings (SSSR count). The average molecular weight is 212 g/mol. The SMILES string of the molecule is CN(CCC#N)CC1CCC(C(=O)O)O1. The van der Waals surface area contributed by atoms with Crippen molar-refractivity contribution in [1.82, 2.24) is 4.90 Å². The van der Waals surface area contributed by atoms with Gasteiger partial charge in [0.15, 0.2) is 6.10 Å². The van der Waals surface area contributed by atoms with Crippen LogP contribution in [0.5, 0.6) is 0 Å². The van der Waals surface area contributed by atoms with Crippen molar-refractivity contribution in [2.45, 2.75) is 31.5 Å². The standard InChI is InChI=1S/C10H16N2O3/c1-12(6-2-5-11)7-8-3-4-9(15-8)10(13)14/h8-9H,2-4,6-7H2,1H3,(H,13,14). The van der Waals surface area contributed by atoms with Crippen molar-refractivity contribution in [3.8, 4) is 6.07 Å². The molecule has 5 heteroatoms. The first-order chi connectivity index (χ1) is 7.13. The van der Waals surface area contributed by atoms with Crippen LogP contribution in [0.2, 0.25) is 0 Å². The van der Waals surface area contributed by atoms with E-state index in [1.165, 1.54) is 0 Å². The summed E-state index contributed by atoms with van der Waals surface area (Å²) in [6, 6.07) is 2.07. The molecule has 1 heterocycles. The third kappa shape index (κ3) is 3.86. The first kappa shape index (κ1) is 12.0. The Kier molecular flexibility index (Phi) is 4.53. The van der Waals surface area contributed by atoms with Gasteiger partial charge in [-0.25, -0.2) is 4.79 Å². The van der Waals surface area contributed by atoms with E-state index >= 15 is 0 Å². The molecule has 5 nitrogen and oxygen atoms in total. The Hall–Kier alpha value is -1.12. The van der Waals surface area contributed by atoms with Gasteiger partial charge < -0.3 is 14.7 Å². The van der Waals surface area contributed by atoms with E-state index in [0.29, 0.717) is 25.9 Å². The van der Waals surface area contributed by atoms with Crippen molar-refractivity contribution < 1.29 is 14.6 Å². The maximum atomic E-state index is 10.6. The second kappa shape index (κ2) is 5.69. The number of likely N-dealkylation sites (N-methyl/N-ethyl adjacent to an activating group) is 1. The van der Waals surface area contributed by atoms with Crippen LogP contribution < -0.4 is 0 Å². The molecule has 0 radical (unpaired) electrons. The van der Waals surface area contributed by atoms with Gasteiger partial charge in [-0.3, -0.25) is 0 Å². The van der Waals surface area contributed by atoms with E-state index in [-0.39, 0.29) is 6.10 Å². The molecule has 0 spiro atoms. The fraction of sp³-hybridized carbons (Fsp3) is 0.800. The minimum absolute atomic E-state index is 0.00482. The zero-order valence-corrected chi connectivity index (χ0v) is 8.85. The number of carboxylic acids is 1. The number of nitrogens with zero attached hydrogens (tertiary/aromatic N) is 2. The van der Waals surface area contributed by atoms with Crippen molar-refractivity contribution in [2.75, 3.05) is 20.1 Å². The van der Waals surface area contributed by atoms with Crippen LogP contribution in [0.4, 0.5) is 0 Å². The molecule has 1 aliphatic heterocycles. The van der Waals surface area contributed by atoms with Crippen molar-refractivity contribution in [1.29, 1.82) is 5.26 Å². The highest BCUT2D eigenvalue weighted by Crippen LogP contribution is 2.20. The summed E-state index contributed by atoms with van der Waals surface area (Å²) in [6.45, 7) is 1.40. The maximum Gasteiger partial charge on any atom is 0.332 e. The lowest BCUT2D eigenvalue weighted by Gasteiger charge is -2.19. The van der Waals surface area contributed by atoms with Crippen LogP contribution >= 0.6 is 0 Å². The third-order valence-electron chi connectivity index (χ3n) is 2.50. The summed E-state index contributed by atoms with van der Waals surface area (Å²) in [7, 11) is 1.91. The summed E-state index contributed by atoms with van der Waals surface area (Å²) in [5.74, 6) is -0.878. The number of ether oxygens (including phenoxy) is 1. The van der Waals surface area contributed by atoms with E-state index in [2.05, 4.69) is 6.07 Å². The lowest BCUT2D eigenvalue weighted by molar-refractivity contribution is -0.149. The molecule has 2 atom stereocenters. The molecular weight excluding hydrogens is 196 g/mol. The third-order valence-corrected chi connectivity index (χ3v) is 2.50. The molecule has 1 aliphatic rings. The van der Waals surface area contributed by atoms with Gasteiger partial charge >= 0.3 is 5.97 Å². The molecule has 1 fully saturated rings. The number of carboxylic acid groups (broad SMARTS) is 1. The predicted octanol–water partition coefficient (Wildman–Crippen LogP) is 0.464. The molecule has 1 saturated heterocycles. The van der Waals surface area contributed by atoms with Crippen LogP contribution in [0.25, 0.3) is 0 Å². The first-order valence-corrected chi connectivity index (χ1v) is 5.07. The molecular formula is C10H16N2O3. The summed E-state index contributed by atoms with van der Waals surface area (Å²) in [5.41, 5.74) is 0. The Morgan fingerprint density at radius 3 is 2.93 bits per heavy atom. The number of rotatable bonds is 5. The molecule has 0 aromatic heterocycles. The summed E-state index contributed by atoms with van der Waals surface area (Å²) < 4.78 is 5.35. The van der Waals surface area contributed by atoms with Crippen LogP contribution in [0.1, 0.15) is 19.3 Å². The van der Waals surface area contributed by atoms with Crippen molar-refractivity contribution in [3.05, 3.63) is 0 Å². The fourth-order valence-electron chi connectivity index (χ4n) is 1.70. The van der Waals surface area contributed by atoms with Gasteiger partial charge in [-0.15, -0.1) is 0 Å². The number of hydrogen-bond acceptors (Lipinski definition) is 4. The number of nitriles is 1. The minimum atomic E-state index is -0.878. The van der Waals surface area contributed by atoms with Crippen LogP contribution in [0.15, 0.2) is 0 Å². The van der Waals surface area contributed by atoms with Gasteiger partial charge in [0.2, 0.25) is 0 Å². The molecule has 0 aromatic rings. The van der Waals surface area contributed by atoms with Crippen LogP contribution in [0.3, 0.4) is 0 Å². The van der Waals surface area contributed by atoms with Gasteiger partial charge in [-0.1, -0.05) is 0 Å². The van der Waals surface area contributed by atoms with Crippen LogP contribution in [-0.4, -0.2) is 48.3 Å². The molecule has 0 aromatic carbocycles. The Labute approximate surface area is 89.2 Å². The smallest absolute Gasteiger partial charge is 0.332 e. The molecule has 0 bridgehead atoms. The second-order valence-corrected chi connectivity index (χ2v) is 3.83. The Bertz CT molecular complexity index is 262. The topological polar surface area (TPSA) is 73.6 Å². The number of hydrogen-bond donors (Lipinski definition) is 1. The Morgan fingerprint density at radius 1 is 1.67 bits per heavy atom. The quantitative estimate of drug-likeness (QED) is 0.716. The highest BCUT2D eigenvalue weighted by Gasteiger charge is 2.30. The average Bonchev–Trinajstić information content (AvgIpc) is 2.63. The molecule has 0 saturated carbocycles. The summed E-state index contributed by atoms with van der Waals surface area (Å²) >= 11 is 0. The van der Waals surface area contributed by atoms with Crippen molar-refractivity contribution in [2.24, 2.45) is 0 Å². The largest absolute Gasteiger partial charge is 0.479 e. The van der Waals surface area contributed by atoms with E-state index in [1.54, 1.807) is 0 Å². The van der Waals surface area contributed by atoms with Gasteiger partial charge in [0, 0.05) is 19.5 Å². The predicted molar refractivity (Wildman–Crippen MR) is 53.3 cm³/mol. The first-order valence-electron chi connectivity index (χ1n) is 5.07. The molecule has 0 amide bonds. The fourth-order valence-corrected chi connectivity index (χ4v) is 1.70. The Balaban J connectivity index is 2.24. The van der Waals surface area contributed by atoms with Crippen LogP contribution in [0, 0.1) is 11.3 Å². The van der Waals surface area contributed by atoms with Crippen LogP contribution in [-0.2, 0) is 9.53 Å². The van der Waals surface area contributed by atoms with Gasteiger partial charge in [0.05, 0.1) is 12.2 Å². The second-order valence-electron chi connectivity index (χ2n) is 3.83. The van der Waals surface area contributed by atoms with E-state index < -0.39 is 12.1 Å². The Morgan fingerprint density at radius 2 is 2.40 bits per heavy atom. The van der Waals surface area contributed by atoms with E-state index in [0.717, 1.165) is 6.42 Å². The lowest BCUT2D eigenvalue weighted by atomic mass is 10.2. The molecule has 15 heavy (non-hydrogen) atoms. The van der Waals surface area contributed by atoms with E-state index in [4.69, 9.17) is 15.1 Å². The zero-order chi connectivity index (χ0) is 11.3. The minimum Gasteiger partial charge on any atom is -0.479 e. The van der Waals surface area contributed by atoms with Crippen molar-refractivity contribution >= 4 is 5.97 Å². The van der Waals surface area contributed by atoms with E-state index in [1.807, 2.05) is 11.9 Å². The van der Waals surface area contributed by atoms with Gasteiger partial charge in [-0.05, 0) is 19.9 Å². The molecule has 1 N–H and O–H groups in total. The highest BCUT2D eigenvalue weighted by molar-refractivity contribution is 5.72. The monoisotopic (exact) mass is 212 g/mol. The van der Waals surface area contributed by atoms with E-state index in [9.17, 15) is 4.79 Å². The molecule has 0 aliphatic carbocycles. The molecule has 2 unspecified atom stereocenters. The maximum absolute atomic E-state index is 10.6. The van der Waals surface area contributed by atoms with Crippen molar-refractivity contribution in [3.63, 3.8) is 0 Å². The normalized spacial score (nSPS) is 25.4. The highest BCUT2D eigenvalue weighted by atomic mass is 16.5. The molecule has 84 valence electrons. The number of carbonyl (C=O) groups is 1. The lowest BCUT2D eigenvalue weighted by Crippen LogP contribution is -2.31. The van der Waals surface area contributed by atoms with Gasteiger partial charge in [-0.2, -0.15) is 5.26 Å². The summed E-state index contributed by atoms with van der Waals surface area (Å²) in [4.78, 5) is 12.6. The summed E-state index contributed by atoms with van der Waals surface area (Å²) in [6.07, 6.45) is 1.22. The number of aliphatic carboxylic acids is 1. The summed E-state index contributed by atoms with van der Waals surface area (Å²) in [5, 5.41) is 17.1. The zero-order valence-electron chi connectivity index (χ0n) is 8.85.